The van der Waals surface area contributed by atoms with E-state index in [1.165, 1.54) is 0 Å². The van der Waals surface area contributed by atoms with Gasteiger partial charge in [-0.15, -0.1) is 0 Å². The van der Waals surface area contributed by atoms with Crippen LogP contribution in [0, 0.1) is 11.3 Å². The molecule has 8 nitrogen and oxygen atoms in total. The molecule has 0 bridgehead atoms. The molecule has 1 aliphatic carbocycles. The first-order chi connectivity index (χ1) is 16.5. The molecule has 8 heteroatoms. The third-order valence-electron chi connectivity index (χ3n) is 6.58. The van der Waals surface area contributed by atoms with E-state index in [9.17, 15) is 10.1 Å². The maximum absolute atomic E-state index is 12.5. The predicted molar refractivity (Wildman–Crippen MR) is 129 cm³/mol. The van der Waals surface area contributed by atoms with E-state index in [1.807, 2.05) is 36.1 Å². The molecule has 2 aliphatic rings. The zero-order valence-corrected chi connectivity index (χ0v) is 20.3. The molecule has 0 spiro atoms. The van der Waals surface area contributed by atoms with Crippen molar-refractivity contribution >= 4 is 11.7 Å². The van der Waals surface area contributed by atoms with Gasteiger partial charge in [0.25, 0.3) is 0 Å². The van der Waals surface area contributed by atoms with Crippen molar-refractivity contribution in [1.29, 1.82) is 5.26 Å². The minimum Gasteiger partial charge on any atom is -0.493 e. The van der Waals surface area contributed by atoms with Crippen LogP contribution in [-0.4, -0.2) is 69.4 Å². The number of pyridine rings is 1. The summed E-state index contributed by atoms with van der Waals surface area (Å²) in [7, 11) is 4.84. The van der Waals surface area contributed by atoms with Crippen LogP contribution in [0.4, 0.5) is 5.82 Å². The number of nitrogens with zero attached hydrogens (tertiary/aromatic N) is 4. The van der Waals surface area contributed by atoms with Gasteiger partial charge in [-0.1, -0.05) is 6.07 Å². The minimum absolute atomic E-state index is 0.0290. The van der Waals surface area contributed by atoms with E-state index in [1.54, 1.807) is 21.3 Å². The number of hydrogen-bond acceptors (Lipinski definition) is 7. The fraction of sp³-hybridized carbons (Fsp3) is 0.500. The standard InChI is InChI=1S/C26H32N4O4/c1-17-16-29(10-11-30(17)24(31)9-12-32-2)26-20(15-27)13-21(25(28-26)18-5-6-18)19-7-8-22(33-3)23(14-19)34-4/h7-8,13-14,17-18H,5-6,9-12,16H2,1-4H3/t17-/m1/s1. The molecule has 2 fully saturated rings. The van der Waals surface area contributed by atoms with Crippen LogP contribution < -0.4 is 14.4 Å². The topological polar surface area (TPSA) is 87.9 Å². The van der Waals surface area contributed by atoms with Crippen LogP contribution in [0.15, 0.2) is 24.3 Å². The number of carbonyl (C=O) groups is 1. The summed E-state index contributed by atoms with van der Waals surface area (Å²) in [5.74, 6) is 2.52. The molecule has 0 unspecified atom stereocenters. The van der Waals surface area contributed by atoms with Crippen molar-refractivity contribution in [2.75, 3.05) is 52.5 Å². The molecule has 180 valence electrons. The maximum atomic E-state index is 12.5. The van der Waals surface area contributed by atoms with Gasteiger partial charge >= 0.3 is 0 Å². The van der Waals surface area contributed by atoms with Crippen LogP contribution in [0.3, 0.4) is 0 Å². The zero-order chi connectivity index (χ0) is 24.2. The van der Waals surface area contributed by atoms with Crippen LogP contribution >= 0.6 is 0 Å². The first-order valence-electron chi connectivity index (χ1n) is 11.7. The average molecular weight is 465 g/mol. The lowest BCUT2D eigenvalue weighted by molar-refractivity contribution is -0.134. The molecule has 34 heavy (non-hydrogen) atoms. The Morgan fingerprint density at radius 1 is 1.15 bits per heavy atom. The summed E-state index contributed by atoms with van der Waals surface area (Å²) in [5, 5.41) is 10.0. The van der Waals surface area contributed by atoms with Gasteiger partial charge in [0.15, 0.2) is 11.5 Å². The Morgan fingerprint density at radius 2 is 1.91 bits per heavy atom. The van der Waals surface area contributed by atoms with Gasteiger partial charge < -0.3 is 24.0 Å². The van der Waals surface area contributed by atoms with Crippen molar-refractivity contribution in [3.8, 4) is 28.7 Å². The average Bonchev–Trinajstić information content (AvgIpc) is 3.71. The van der Waals surface area contributed by atoms with Crippen molar-refractivity contribution in [2.45, 2.75) is 38.1 Å². The van der Waals surface area contributed by atoms with Crippen LogP contribution in [0.1, 0.15) is 43.4 Å². The molecule has 1 aliphatic heterocycles. The molecule has 2 aromatic rings. The predicted octanol–water partition coefficient (Wildman–Crippen LogP) is 3.59. The molecule has 2 heterocycles. The summed E-state index contributed by atoms with van der Waals surface area (Å²) in [6.07, 6.45) is 2.57. The molecule has 0 N–H and O–H groups in total. The van der Waals surface area contributed by atoms with Crippen molar-refractivity contribution < 1.29 is 19.0 Å². The third kappa shape index (κ3) is 4.80. The first kappa shape index (κ1) is 23.8. The van der Waals surface area contributed by atoms with Crippen LogP contribution in [-0.2, 0) is 9.53 Å². The number of amides is 1. The minimum atomic E-state index is 0.0290. The van der Waals surface area contributed by atoms with Gasteiger partial charge in [0.1, 0.15) is 11.9 Å². The second-order valence-electron chi connectivity index (χ2n) is 8.87. The number of benzene rings is 1. The fourth-order valence-corrected chi connectivity index (χ4v) is 4.60. The summed E-state index contributed by atoms with van der Waals surface area (Å²) in [6.45, 7) is 4.36. The van der Waals surface area contributed by atoms with E-state index in [0.717, 1.165) is 29.7 Å². The van der Waals surface area contributed by atoms with Gasteiger partial charge in [0.2, 0.25) is 5.91 Å². The zero-order valence-electron chi connectivity index (χ0n) is 20.3. The largest absolute Gasteiger partial charge is 0.493 e. The molecule has 4 rings (SSSR count). The van der Waals surface area contributed by atoms with Gasteiger partial charge in [-0.3, -0.25) is 4.79 Å². The van der Waals surface area contributed by atoms with Crippen molar-refractivity contribution in [3.05, 3.63) is 35.5 Å². The van der Waals surface area contributed by atoms with Crippen LogP contribution in [0.25, 0.3) is 11.1 Å². The van der Waals surface area contributed by atoms with E-state index in [2.05, 4.69) is 11.0 Å². The Balaban J connectivity index is 1.65. The molecular formula is C26H32N4O4. The molecular weight excluding hydrogens is 432 g/mol. The Labute approximate surface area is 201 Å². The summed E-state index contributed by atoms with van der Waals surface area (Å²) in [5.41, 5.74) is 3.48. The number of piperazine rings is 1. The Morgan fingerprint density at radius 3 is 2.53 bits per heavy atom. The number of aromatic nitrogens is 1. The normalized spacial score (nSPS) is 17.9. The molecule has 1 saturated carbocycles. The van der Waals surface area contributed by atoms with Crippen molar-refractivity contribution in [3.63, 3.8) is 0 Å². The third-order valence-corrected chi connectivity index (χ3v) is 6.58. The van der Waals surface area contributed by atoms with E-state index in [4.69, 9.17) is 19.2 Å². The molecule has 1 aromatic heterocycles. The summed E-state index contributed by atoms with van der Waals surface area (Å²) < 4.78 is 15.9. The maximum Gasteiger partial charge on any atom is 0.225 e. The van der Waals surface area contributed by atoms with Gasteiger partial charge in [0, 0.05) is 44.3 Å². The van der Waals surface area contributed by atoms with E-state index in [-0.39, 0.29) is 11.9 Å². The van der Waals surface area contributed by atoms with Crippen molar-refractivity contribution in [1.82, 2.24) is 9.88 Å². The van der Waals surface area contributed by atoms with E-state index < -0.39 is 0 Å². The highest BCUT2D eigenvalue weighted by molar-refractivity contribution is 5.77. The second kappa shape index (κ2) is 10.3. The van der Waals surface area contributed by atoms with Crippen LogP contribution in [0.5, 0.6) is 11.5 Å². The van der Waals surface area contributed by atoms with E-state index >= 15 is 0 Å². The molecule has 1 aromatic carbocycles. The monoisotopic (exact) mass is 464 g/mol. The lowest BCUT2D eigenvalue weighted by atomic mass is 9.98. The number of methoxy groups -OCH3 is 3. The molecule has 1 atom stereocenters. The van der Waals surface area contributed by atoms with Crippen LogP contribution in [0.2, 0.25) is 0 Å². The number of anilines is 1. The molecule has 1 amide bonds. The summed E-state index contributed by atoms with van der Waals surface area (Å²) in [6, 6.07) is 10.2. The quantitative estimate of drug-likeness (QED) is 0.590. The van der Waals surface area contributed by atoms with Gasteiger partial charge in [-0.2, -0.15) is 5.26 Å². The van der Waals surface area contributed by atoms with Gasteiger partial charge in [-0.25, -0.2) is 4.98 Å². The lowest BCUT2D eigenvalue weighted by Gasteiger charge is -2.41. The number of rotatable bonds is 8. The summed E-state index contributed by atoms with van der Waals surface area (Å²) in [4.78, 5) is 21.6. The fourth-order valence-electron chi connectivity index (χ4n) is 4.60. The highest BCUT2D eigenvalue weighted by atomic mass is 16.5. The van der Waals surface area contributed by atoms with E-state index in [0.29, 0.717) is 61.5 Å². The highest BCUT2D eigenvalue weighted by Gasteiger charge is 2.33. The van der Waals surface area contributed by atoms with Gasteiger partial charge in [-0.05, 0) is 43.5 Å². The Bertz CT molecular complexity index is 1090. The smallest absolute Gasteiger partial charge is 0.225 e. The Kier molecular flexibility index (Phi) is 7.23. The highest BCUT2D eigenvalue weighted by Crippen LogP contribution is 2.46. The lowest BCUT2D eigenvalue weighted by Crippen LogP contribution is -2.54. The Hall–Kier alpha value is -3.31. The summed E-state index contributed by atoms with van der Waals surface area (Å²) >= 11 is 0. The SMILES string of the molecule is COCCC(=O)N1CCN(c2nc(C3CC3)c(-c3ccc(OC)c(OC)c3)cc2C#N)C[C@H]1C. The number of carbonyl (C=O) groups excluding carboxylic acids is 1. The van der Waals surface area contributed by atoms with Gasteiger partial charge in [0.05, 0.1) is 38.5 Å². The second-order valence-corrected chi connectivity index (χ2v) is 8.87. The number of nitriles is 1. The van der Waals surface area contributed by atoms with Crippen molar-refractivity contribution in [2.24, 2.45) is 0 Å². The molecule has 0 radical (unpaired) electrons. The molecule has 1 saturated heterocycles. The number of hydrogen-bond donors (Lipinski definition) is 0. The number of ether oxygens (including phenoxy) is 3. The first-order valence-corrected chi connectivity index (χ1v) is 11.7.